The fraction of sp³-hybridized carbons (Fsp3) is 0.381. The molecule has 1 aliphatic heterocycles. The zero-order chi connectivity index (χ0) is 20.9. The van der Waals surface area contributed by atoms with E-state index in [9.17, 15) is 13.6 Å². The van der Waals surface area contributed by atoms with E-state index in [1.54, 1.807) is 6.21 Å². The van der Waals surface area contributed by atoms with E-state index < -0.39 is 23.1 Å². The molecule has 1 atom stereocenters. The molecule has 1 amide bonds. The van der Waals surface area contributed by atoms with Crippen LogP contribution in [0, 0.1) is 33.8 Å². The Morgan fingerprint density at radius 1 is 1.27 bits per heavy atom. The van der Waals surface area contributed by atoms with Crippen LogP contribution in [0.1, 0.15) is 43.0 Å². The zero-order valence-corrected chi connectivity index (χ0v) is 15.9. The Morgan fingerprint density at radius 2 is 2.07 bits per heavy atom. The first-order valence-corrected chi connectivity index (χ1v) is 9.60. The Morgan fingerprint density at radius 3 is 2.77 bits per heavy atom. The lowest BCUT2D eigenvalue weighted by molar-refractivity contribution is -0.227. The summed E-state index contributed by atoms with van der Waals surface area (Å²) in [5.74, 6) is -0.899. The molecule has 1 aromatic carbocycles. The Hall–Kier alpha value is -3.41. The molecule has 0 radical (unpaired) electrons. The topological polar surface area (TPSA) is 91.5 Å². The van der Waals surface area contributed by atoms with Crippen LogP contribution >= 0.6 is 0 Å². The number of benzene rings is 1. The van der Waals surface area contributed by atoms with Crippen molar-refractivity contribution in [1.82, 2.24) is 15.0 Å². The zero-order valence-electron chi connectivity index (χ0n) is 15.9. The van der Waals surface area contributed by atoms with E-state index in [0.29, 0.717) is 38.2 Å². The number of hydrogen-bond acceptors (Lipinski definition) is 6. The lowest BCUT2D eigenvalue weighted by Crippen LogP contribution is -2.69. The van der Waals surface area contributed by atoms with Crippen molar-refractivity contribution in [3.8, 4) is 11.9 Å². The van der Waals surface area contributed by atoms with E-state index in [1.165, 1.54) is 17.4 Å². The molecule has 6 rings (SSSR count). The van der Waals surface area contributed by atoms with E-state index >= 15 is 0 Å². The average molecular weight is 409 g/mol. The van der Waals surface area contributed by atoms with Gasteiger partial charge in [0.1, 0.15) is 17.7 Å². The van der Waals surface area contributed by atoms with Gasteiger partial charge in [0.15, 0.2) is 5.69 Å². The van der Waals surface area contributed by atoms with E-state index in [2.05, 4.69) is 15.1 Å². The molecule has 7 nitrogen and oxygen atoms in total. The molecule has 3 saturated carbocycles. The van der Waals surface area contributed by atoms with Gasteiger partial charge in [0, 0.05) is 23.6 Å². The summed E-state index contributed by atoms with van der Waals surface area (Å²) in [7, 11) is 0. The number of halogens is 2. The minimum atomic E-state index is -0.622. The molecule has 3 aliphatic carbocycles. The molecule has 1 unspecified atom stereocenters. The summed E-state index contributed by atoms with van der Waals surface area (Å²) in [5.41, 5.74) is -0.240. The number of amides is 1. The third-order valence-electron chi connectivity index (χ3n) is 6.22. The molecule has 0 N–H and O–H groups in total. The second-order valence-electron chi connectivity index (χ2n) is 8.32. The summed E-state index contributed by atoms with van der Waals surface area (Å²) in [5, 5.41) is 14.2. The number of carbonyl (C=O) groups excluding carboxylic acids is 1. The highest BCUT2D eigenvalue weighted by atomic mass is 19.1. The normalized spacial score (nSPS) is 28.4. The van der Waals surface area contributed by atoms with Gasteiger partial charge < -0.3 is 4.74 Å². The maximum atomic E-state index is 14.2. The van der Waals surface area contributed by atoms with Gasteiger partial charge in [0.05, 0.1) is 30.5 Å². The van der Waals surface area contributed by atoms with Crippen molar-refractivity contribution in [2.75, 3.05) is 6.61 Å². The Labute approximate surface area is 171 Å². The summed E-state index contributed by atoms with van der Waals surface area (Å²) in [6.07, 6.45) is 6.66. The Kier molecular flexibility index (Phi) is 4.07. The molecule has 1 aromatic heterocycles. The number of carbonyl (C=O) groups is 1. The van der Waals surface area contributed by atoms with Crippen LogP contribution < -0.4 is 4.74 Å². The molecule has 4 aliphatic rings. The predicted molar refractivity (Wildman–Crippen MR) is 100 cm³/mol. The summed E-state index contributed by atoms with van der Waals surface area (Å²) in [4.78, 5) is 21.1. The van der Waals surface area contributed by atoms with Gasteiger partial charge in [0.25, 0.3) is 0 Å². The van der Waals surface area contributed by atoms with Gasteiger partial charge >= 0.3 is 0 Å². The number of ether oxygens (including phenoxy) is 1. The van der Waals surface area contributed by atoms with Crippen LogP contribution in [0.5, 0.6) is 5.88 Å². The summed E-state index contributed by atoms with van der Waals surface area (Å²) in [6, 6.07) is 4.54. The number of aromatic nitrogens is 2. The smallest absolute Gasteiger partial charge is 0.249 e. The number of hydrazone groups is 1. The van der Waals surface area contributed by atoms with E-state index in [4.69, 9.17) is 10.00 Å². The fourth-order valence-electron chi connectivity index (χ4n) is 4.93. The molecule has 152 valence electrons. The van der Waals surface area contributed by atoms with Gasteiger partial charge in [-0.3, -0.25) is 4.79 Å². The number of nitriles is 1. The van der Waals surface area contributed by atoms with Crippen molar-refractivity contribution >= 4 is 12.1 Å². The molecule has 2 heterocycles. The maximum Gasteiger partial charge on any atom is 0.249 e. The van der Waals surface area contributed by atoms with Crippen LogP contribution in [0.15, 0.2) is 35.7 Å². The van der Waals surface area contributed by atoms with Gasteiger partial charge in [-0.15, -0.1) is 0 Å². The lowest BCUT2D eigenvalue weighted by atomic mass is 9.35. The van der Waals surface area contributed by atoms with Crippen molar-refractivity contribution in [2.24, 2.45) is 15.9 Å². The van der Waals surface area contributed by atoms with Crippen LogP contribution in [-0.2, 0) is 4.79 Å². The second kappa shape index (κ2) is 6.55. The van der Waals surface area contributed by atoms with Crippen molar-refractivity contribution < 1.29 is 18.3 Å². The standard InChI is InChI=1S/C21H17F2N5O2/c22-13-1-2-16(23)15(5-13)17-3-4-27-28(17)19(29)21-9-20(10-21,11-21)12-30-18-8-25-14(6-24)7-26-18/h1-2,4-5,7-8,17H,3,9-12H2. The minimum Gasteiger partial charge on any atom is -0.476 e. The van der Waals surface area contributed by atoms with Crippen LogP contribution in [-0.4, -0.2) is 33.7 Å². The molecule has 30 heavy (non-hydrogen) atoms. The van der Waals surface area contributed by atoms with Crippen LogP contribution in [0.4, 0.5) is 8.78 Å². The van der Waals surface area contributed by atoms with Crippen LogP contribution in [0.25, 0.3) is 0 Å². The van der Waals surface area contributed by atoms with Crippen molar-refractivity contribution in [1.29, 1.82) is 5.26 Å². The summed E-state index contributed by atoms with van der Waals surface area (Å²) >= 11 is 0. The molecule has 3 fully saturated rings. The monoisotopic (exact) mass is 409 g/mol. The van der Waals surface area contributed by atoms with Crippen molar-refractivity contribution in [3.63, 3.8) is 0 Å². The molecule has 2 bridgehead atoms. The van der Waals surface area contributed by atoms with Gasteiger partial charge in [-0.1, -0.05) is 0 Å². The highest BCUT2D eigenvalue weighted by Crippen LogP contribution is 2.74. The van der Waals surface area contributed by atoms with E-state index in [-0.39, 0.29) is 22.6 Å². The van der Waals surface area contributed by atoms with Crippen LogP contribution in [0.2, 0.25) is 0 Å². The Bertz CT molecular complexity index is 1080. The van der Waals surface area contributed by atoms with Crippen molar-refractivity contribution in [2.45, 2.75) is 31.7 Å². The van der Waals surface area contributed by atoms with Gasteiger partial charge in [-0.25, -0.2) is 23.8 Å². The quantitative estimate of drug-likeness (QED) is 0.757. The minimum absolute atomic E-state index is 0.0890. The first kappa shape index (κ1) is 18.6. The highest BCUT2D eigenvalue weighted by Gasteiger charge is 2.73. The number of hydrogen-bond donors (Lipinski definition) is 0. The summed E-state index contributed by atoms with van der Waals surface area (Å²) < 4.78 is 33.5. The highest BCUT2D eigenvalue weighted by molar-refractivity contribution is 5.88. The molecular formula is C21H17F2N5O2. The molecular weight excluding hydrogens is 392 g/mol. The SMILES string of the molecule is N#Cc1cnc(OCC23CC(C(=O)N4N=CCC4c4cc(F)ccc4F)(C2)C3)cn1. The van der Waals surface area contributed by atoms with Gasteiger partial charge in [-0.2, -0.15) is 10.4 Å². The molecule has 0 spiro atoms. The number of nitrogens with zero attached hydrogens (tertiary/aromatic N) is 5. The van der Waals surface area contributed by atoms with E-state index in [1.807, 2.05) is 6.07 Å². The van der Waals surface area contributed by atoms with E-state index in [0.717, 1.165) is 18.2 Å². The largest absolute Gasteiger partial charge is 0.476 e. The van der Waals surface area contributed by atoms with Gasteiger partial charge in [-0.05, 0) is 37.5 Å². The predicted octanol–water partition coefficient (Wildman–Crippen LogP) is 3.13. The van der Waals surface area contributed by atoms with Gasteiger partial charge in [0.2, 0.25) is 11.8 Å². The average Bonchev–Trinajstić information content (AvgIpc) is 3.17. The maximum absolute atomic E-state index is 14.2. The first-order chi connectivity index (χ1) is 14.4. The van der Waals surface area contributed by atoms with Crippen molar-refractivity contribution in [3.05, 3.63) is 53.5 Å². The lowest BCUT2D eigenvalue weighted by Gasteiger charge is -2.69. The molecule has 9 heteroatoms. The third kappa shape index (κ3) is 2.83. The summed E-state index contributed by atoms with van der Waals surface area (Å²) in [6.45, 7) is 0.411. The molecule has 2 aromatic rings. The molecule has 0 saturated heterocycles. The third-order valence-corrected chi connectivity index (χ3v) is 6.22. The fourth-order valence-corrected chi connectivity index (χ4v) is 4.93. The second-order valence-corrected chi connectivity index (χ2v) is 8.32. The number of rotatable bonds is 5. The first-order valence-electron chi connectivity index (χ1n) is 9.60. The Balaban J connectivity index is 1.23. The van der Waals surface area contributed by atoms with Crippen LogP contribution in [0.3, 0.4) is 0 Å².